The lowest BCUT2D eigenvalue weighted by atomic mass is 9.89. The van der Waals surface area contributed by atoms with Crippen LogP contribution in [0.25, 0.3) is 0 Å². The lowest BCUT2D eigenvalue weighted by Crippen LogP contribution is -2.48. The third-order valence-electron chi connectivity index (χ3n) is 6.33. The fourth-order valence-corrected chi connectivity index (χ4v) is 6.09. The zero-order chi connectivity index (χ0) is 23.4. The third kappa shape index (κ3) is 6.45. The maximum atomic E-state index is 13.2. The van der Waals surface area contributed by atoms with Crippen molar-refractivity contribution in [3.63, 3.8) is 0 Å². The summed E-state index contributed by atoms with van der Waals surface area (Å²) in [6.07, 6.45) is 2.32. The summed E-state index contributed by atoms with van der Waals surface area (Å²) in [4.78, 5) is 16.0. The van der Waals surface area contributed by atoms with Gasteiger partial charge in [-0.05, 0) is 50.8 Å². The first-order chi connectivity index (χ1) is 15.1. The van der Waals surface area contributed by atoms with Gasteiger partial charge in [0, 0.05) is 26.2 Å². The van der Waals surface area contributed by atoms with E-state index in [0.29, 0.717) is 19.0 Å². The van der Waals surface area contributed by atoms with Gasteiger partial charge in [-0.25, -0.2) is 8.42 Å². The molecule has 6 nitrogen and oxygen atoms in total. The summed E-state index contributed by atoms with van der Waals surface area (Å²) in [5, 5.41) is 0. The lowest BCUT2D eigenvalue weighted by Gasteiger charge is -2.29. The fourth-order valence-electron chi connectivity index (χ4n) is 4.66. The number of halogens is 3. The highest BCUT2D eigenvalue weighted by Crippen LogP contribution is 2.34. The van der Waals surface area contributed by atoms with Crippen LogP contribution in [0, 0.1) is 5.92 Å². The molecule has 180 valence electrons. The Morgan fingerprint density at radius 1 is 1.06 bits per heavy atom. The molecule has 1 heterocycles. The van der Waals surface area contributed by atoms with E-state index < -0.39 is 38.6 Å². The Morgan fingerprint density at radius 2 is 1.75 bits per heavy atom. The highest BCUT2D eigenvalue weighted by molar-refractivity contribution is 7.89. The summed E-state index contributed by atoms with van der Waals surface area (Å²) in [7, 11) is -4.52. The Bertz CT molecular complexity index is 886. The summed E-state index contributed by atoms with van der Waals surface area (Å²) in [5.74, 6) is 0.281. The van der Waals surface area contributed by atoms with Crippen molar-refractivity contribution in [3.8, 4) is 0 Å². The van der Waals surface area contributed by atoms with E-state index >= 15 is 0 Å². The standard InChI is InChI=1S/C22H32F3N3O3S/c1-17(26-32(30,31)20-11-6-5-10-19(20)22(23,24)25)21(29)28-13-7-12-27(14-15-28)16-18-8-3-2-4-9-18/h5-6,10-11,17-18,26H,2-4,7-9,12-16H2,1H3/t17-/m0/s1. The fraction of sp³-hybridized carbons (Fsp3) is 0.682. The summed E-state index contributed by atoms with van der Waals surface area (Å²) in [5.41, 5.74) is -1.25. The van der Waals surface area contributed by atoms with Crippen molar-refractivity contribution in [1.29, 1.82) is 0 Å². The molecule has 1 aliphatic carbocycles. The van der Waals surface area contributed by atoms with Crippen LogP contribution < -0.4 is 4.72 Å². The van der Waals surface area contributed by atoms with Gasteiger partial charge < -0.3 is 9.80 Å². The first kappa shape index (κ1) is 25.0. The molecule has 0 spiro atoms. The molecule has 0 aromatic heterocycles. The Kier molecular flexibility index (Phi) is 8.21. The second kappa shape index (κ2) is 10.5. The number of hydrogen-bond acceptors (Lipinski definition) is 4. The molecule has 3 rings (SSSR count). The van der Waals surface area contributed by atoms with Crippen LogP contribution in [-0.4, -0.2) is 62.9 Å². The number of benzene rings is 1. The van der Waals surface area contributed by atoms with E-state index in [2.05, 4.69) is 9.62 Å². The number of carbonyl (C=O) groups excluding carboxylic acids is 1. The zero-order valence-electron chi connectivity index (χ0n) is 18.4. The maximum Gasteiger partial charge on any atom is 0.417 e. The number of sulfonamides is 1. The van der Waals surface area contributed by atoms with Gasteiger partial charge in [-0.2, -0.15) is 17.9 Å². The van der Waals surface area contributed by atoms with Crippen molar-refractivity contribution in [1.82, 2.24) is 14.5 Å². The van der Waals surface area contributed by atoms with Gasteiger partial charge in [0.1, 0.15) is 0 Å². The van der Waals surface area contributed by atoms with Crippen LogP contribution in [0.2, 0.25) is 0 Å². The minimum absolute atomic E-state index is 0.419. The number of carbonyl (C=O) groups is 1. The minimum atomic E-state index is -4.81. The molecule has 10 heteroatoms. The maximum absolute atomic E-state index is 13.2. The molecule has 1 atom stereocenters. The van der Waals surface area contributed by atoms with E-state index in [1.807, 2.05) is 0 Å². The largest absolute Gasteiger partial charge is 0.417 e. The highest BCUT2D eigenvalue weighted by atomic mass is 32.2. The average molecular weight is 476 g/mol. The minimum Gasteiger partial charge on any atom is -0.340 e. The van der Waals surface area contributed by atoms with Crippen molar-refractivity contribution < 1.29 is 26.4 Å². The summed E-state index contributed by atoms with van der Waals surface area (Å²) in [6.45, 7) is 5.00. The van der Waals surface area contributed by atoms with E-state index in [0.717, 1.165) is 44.3 Å². The van der Waals surface area contributed by atoms with Crippen LogP contribution >= 0.6 is 0 Å². The first-order valence-electron chi connectivity index (χ1n) is 11.3. The van der Waals surface area contributed by atoms with Crippen molar-refractivity contribution in [2.45, 2.75) is 62.6 Å². The van der Waals surface area contributed by atoms with E-state index in [9.17, 15) is 26.4 Å². The van der Waals surface area contributed by atoms with E-state index in [1.54, 1.807) is 4.90 Å². The Hall–Kier alpha value is -1.65. The van der Waals surface area contributed by atoms with Crippen LogP contribution in [0.1, 0.15) is 51.0 Å². The normalized spacial score (nSPS) is 20.7. The number of nitrogens with zero attached hydrogens (tertiary/aromatic N) is 2. The van der Waals surface area contributed by atoms with Gasteiger partial charge in [0.15, 0.2) is 0 Å². The van der Waals surface area contributed by atoms with Crippen LogP contribution in [0.3, 0.4) is 0 Å². The highest BCUT2D eigenvalue weighted by Gasteiger charge is 2.38. The third-order valence-corrected chi connectivity index (χ3v) is 7.92. The molecule has 1 aliphatic heterocycles. The molecule has 1 aromatic carbocycles. The Labute approximate surface area is 188 Å². The van der Waals surface area contributed by atoms with Gasteiger partial charge in [0.25, 0.3) is 0 Å². The van der Waals surface area contributed by atoms with Gasteiger partial charge in [0.05, 0.1) is 16.5 Å². The molecule has 1 N–H and O–H groups in total. The molecular formula is C22H32F3N3O3S. The molecule has 0 unspecified atom stereocenters. The predicted molar refractivity (Wildman–Crippen MR) is 115 cm³/mol. The van der Waals surface area contributed by atoms with Crippen LogP contribution in [0.5, 0.6) is 0 Å². The molecule has 1 saturated carbocycles. The number of nitrogens with one attached hydrogen (secondary N) is 1. The molecule has 1 saturated heterocycles. The zero-order valence-corrected chi connectivity index (χ0v) is 19.2. The number of amides is 1. The topological polar surface area (TPSA) is 69.7 Å². The Balaban J connectivity index is 1.61. The monoisotopic (exact) mass is 475 g/mol. The Morgan fingerprint density at radius 3 is 2.44 bits per heavy atom. The van der Waals surface area contributed by atoms with E-state index in [4.69, 9.17) is 0 Å². The SMILES string of the molecule is C[C@H](NS(=O)(=O)c1ccccc1C(F)(F)F)C(=O)N1CCCN(CC2CCCCC2)CC1. The van der Waals surface area contributed by atoms with E-state index in [-0.39, 0.29) is 0 Å². The molecule has 0 bridgehead atoms. The number of rotatable bonds is 6. The molecule has 0 radical (unpaired) electrons. The van der Waals surface area contributed by atoms with Crippen molar-refractivity contribution in [2.24, 2.45) is 5.92 Å². The van der Waals surface area contributed by atoms with Gasteiger partial charge in [-0.3, -0.25) is 4.79 Å². The lowest BCUT2D eigenvalue weighted by molar-refractivity contribution is -0.139. The molecule has 1 amide bonds. The quantitative estimate of drug-likeness (QED) is 0.684. The summed E-state index contributed by atoms with van der Waals surface area (Å²) >= 11 is 0. The van der Waals surface area contributed by atoms with Gasteiger partial charge in [-0.1, -0.05) is 31.4 Å². The van der Waals surface area contributed by atoms with Crippen molar-refractivity contribution in [2.75, 3.05) is 32.7 Å². The van der Waals surface area contributed by atoms with Crippen LogP contribution in [-0.2, 0) is 21.0 Å². The molecule has 2 aliphatic rings. The number of alkyl halides is 3. The van der Waals surface area contributed by atoms with Gasteiger partial charge in [-0.15, -0.1) is 0 Å². The molecule has 1 aromatic rings. The molecular weight excluding hydrogens is 443 g/mol. The molecule has 2 fully saturated rings. The number of hydrogen-bond donors (Lipinski definition) is 1. The average Bonchev–Trinajstić information content (AvgIpc) is 2.98. The van der Waals surface area contributed by atoms with E-state index in [1.165, 1.54) is 45.1 Å². The predicted octanol–water partition coefficient (Wildman–Crippen LogP) is 3.49. The van der Waals surface area contributed by atoms with Crippen molar-refractivity contribution >= 4 is 15.9 Å². The van der Waals surface area contributed by atoms with Crippen LogP contribution in [0.15, 0.2) is 29.2 Å². The van der Waals surface area contributed by atoms with Gasteiger partial charge >= 0.3 is 6.18 Å². The first-order valence-corrected chi connectivity index (χ1v) is 12.8. The molecule has 32 heavy (non-hydrogen) atoms. The summed E-state index contributed by atoms with van der Waals surface area (Å²) < 4.78 is 67.2. The van der Waals surface area contributed by atoms with Crippen molar-refractivity contribution in [3.05, 3.63) is 29.8 Å². The summed E-state index contributed by atoms with van der Waals surface area (Å²) in [6, 6.07) is 2.82. The van der Waals surface area contributed by atoms with Gasteiger partial charge in [0.2, 0.25) is 15.9 Å². The second-order valence-electron chi connectivity index (χ2n) is 8.82. The second-order valence-corrected chi connectivity index (χ2v) is 10.5. The smallest absolute Gasteiger partial charge is 0.340 e. The van der Waals surface area contributed by atoms with Crippen LogP contribution in [0.4, 0.5) is 13.2 Å².